The summed E-state index contributed by atoms with van der Waals surface area (Å²) >= 11 is 0. The lowest BCUT2D eigenvalue weighted by Crippen LogP contribution is -2.34. The fourth-order valence-corrected chi connectivity index (χ4v) is 1.38. The summed E-state index contributed by atoms with van der Waals surface area (Å²) in [6, 6.07) is 0. The monoisotopic (exact) mass is 216 g/mol. The highest BCUT2D eigenvalue weighted by Gasteiger charge is 2.09. The van der Waals surface area contributed by atoms with Gasteiger partial charge in [-0.1, -0.05) is 19.8 Å². The third kappa shape index (κ3) is 8.39. The molecule has 0 aromatic rings. The van der Waals surface area contributed by atoms with Crippen molar-refractivity contribution in [1.29, 1.82) is 0 Å². The van der Waals surface area contributed by atoms with Gasteiger partial charge in [0.2, 0.25) is 5.91 Å². The first kappa shape index (κ1) is 14.4. The Morgan fingerprint density at radius 1 is 1.27 bits per heavy atom. The molecular formula is C11H24N2O2. The highest BCUT2D eigenvalue weighted by Crippen LogP contribution is 1.98. The lowest BCUT2D eigenvalue weighted by atomic mass is 10.1. The van der Waals surface area contributed by atoms with E-state index in [1.54, 1.807) is 0 Å². The third-order valence-electron chi connectivity index (χ3n) is 2.34. The molecule has 0 radical (unpaired) electrons. The van der Waals surface area contributed by atoms with Gasteiger partial charge < -0.3 is 15.7 Å². The molecule has 4 nitrogen and oxygen atoms in total. The van der Waals surface area contributed by atoms with Crippen molar-refractivity contribution in [3.8, 4) is 0 Å². The van der Waals surface area contributed by atoms with Crippen LogP contribution in [0.5, 0.6) is 0 Å². The molecule has 0 rings (SSSR count). The molecule has 90 valence electrons. The molecule has 0 saturated carbocycles. The van der Waals surface area contributed by atoms with E-state index in [1.807, 2.05) is 14.0 Å². The summed E-state index contributed by atoms with van der Waals surface area (Å²) in [5, 5.41) is 14.4. The number of carbonyl (C=O) groups excluding carboxylic acids is 1. The second-order valence-electron chi connectivity index (χ2n) is 3.89. The molecule has 1 amide bonds. The average molecular weight is 216 g/mol. The number of amides is 1. The van der Waals surface area contributed by atoms with Crippen LogP contribution >= 0.6 is 0 Å². The first-order valence-electron chi connectivity index (χ1n) is 5.75. The Bertz CT molecular complexity index is 163. The number of hydrogen-bond acceptors (Lipinski definition) is 3. The van der Waals surface area contributed by atoms with E-state index in [1.165, 1.54) is 0 Å². The summed E-state index contributed by atoms with van der Waals surface area (Å²) in [6.45, 7) is 3.65. The van der Waals surface area contributed by atoms with Gasteiger partial charge in [-0.3, -0.25) is 4.79 Å². The van der Waals surface area contributed by atoms with Crippen molar-refractivity contribution in [2.75, 3.05) is 26.7 Å². The summed E-state index contributed by atoms with van der Waals surface area (Å²) in [5.41, 5.74) is 0. The van der Waals surface area contributed by atoms with Gasteiger partial charge in [0.15, 0.2) is 0 Å². The lowest BCUT2D eigenvalue weighted by Gasteiger charge is -2.11. The van der Waals surface area contributed by atoms with Crippen LogP contribution in [-0.4, -0.2) is 37.8 Å². The van der Waals surface area contributed by atoms with Gasteiger partial charge in [0, 0.05) is 25.6 Å². The van der Waals surface area contributed by atoms with Crippen molar-refractivity contribution in [2.24, 2.45) is 5.92 Å². The van der Waals surface area contributed by atoms with Gasteiger partial charge in [-0.05, 0) is 19.9 Å². The maximum Gasteiger partial charge on any atom is 0.224 e. The predicted molar refractivity (Wildman–Crippen MR) is 61.7 cm³/mol. The van der Waals surface area contributed by atoms with Crippen LogP contribution in [0.3, 0.4) is 0 Å². The largest absolute Gasteiger partial charge is 0.396 e. The highest BCUT2D eigenvalue weighted by atomic mass is 16.2. The van der Waals surface area contributed by atoms with Crippen LogP contribution in [0.4, 0.5) is 0 Å². The third-order valence-corrected chi connectivity index (χ3v) is 2.34. The summed E-state index contributed by atoms with van der Waals surface area (Å²) in [5.74, 6) is 0.152. The van der Waals surface area contributed by atoms with E-state index in [9.17, 15) is 4.79 Å². The molecule has 15 heavy (non-hydrogen) atoms. The Morgan fingerprint density at radius 2 is 1.93 bits per heavy atom. The molecule has 0 heterocycles. The molecule has 0 aromatic carbocycles. The van der Waals surface area contributed by atoms with Gasteiger partial charge in [-0.25, -0.2) is 0 Å². The van der Waals surface area contributed by atoms with Crippen molar-refractivity contribution >= 4 is 5.91 Å². The molecule has 3 N–H and O–H groups in total. The molecule has 0 aliphatic rings. The molecule has 4 heteroatoms. The van der Waals surface area contributed by atoms with E-state index in [2.05, 4.69) is 10.6 Å². The topological polar surface area (TPSA) is 61.4 Å². The maximum absolute atomic E-state index is 11.4. The average Bonchev–Trinajstić information content (AvgIpc) is 2.23. The first-order chi connectivity index (χ1) is 7.22. The Labute approximate surface area is 92.4 Å². The quantitative estimate of drug-likeness (QED) is 0.492. The van der Waals surface area contributed by atoms with E-state index in [0.717, 1.165) is 38.8 Å². The van der Waals surface area contributed by atoms with Crippen LogP contribution in [-0.2, 0) is 4.79 Å². The minimum absolute atomic E-state index is 0.0347. The molecular weight excluding hydrogens is 192 g/mol. The van der Waals surface area contributed by atoms with Crippen LogP contribution in [0.2, 0.25) is 0 Å². The van der Waals surface area contributed by atoms with Crippen molar-refractivity contribution in [3.63, 3.8) is 0 Å². The molecule has 0 aromatic heterocycles. The van der Waals surface area contributed by atoms with Gasteiger partial charge in [0.05, 0.1) is 0 Å². The molecule has 0 spiro atoms. The van der Waals surface area contributed by atoms with E-state index >= 15 is 0 Å². The Hall–Kier alpha value is -0.610. The van der Waals surface area contributed by atoms with Crippen LogP contribution in [0.1, 0.15) is 32.6 Å². The normalized spacial score (nSPS) is 12.5. The maximum atomic E-state index is 11.4. The van der Waals surface area contributed by atoms with Gasteiger partial charge in [-0.15, -0.1) is 0 Å². The van der Waals surface area contributed by atoms with Crippen LogP contribution in [0.15, 0.2) is 0 Å². The Balaban J connectivity index is 3.30. The molecule has 0 bridgehead atoms. The first-order valence-corrected chi connectivity index (χ1v) is 5.75. The predicted octanol–water partition coefficient (Wildman–Crippen LogP) is 0.511. The number of unbranched alkanes of at least 4 members (excludes halogenated alkanes) is 3. The molecule has 0 saturated heterocycles. The molecule has 1 atom stereocenters. The number of aliphatic hydroxyl groups is 1. The summed E-state index contributed by atoms with van der Waals surface area (Å²) in [6.07, 6.45) is 3.97. The van der Waals surface area contributed by atoms with Crippen molar-refractivity contribution < 1.29 is 9.90 Å². The van der Waals surface area contributed by atoms with Crippen LogP contribution < -0.4 is 10.6 Å². The number of rotatable bonds is 9. The van der Waals surface area contributed by atoms with Crippen LogP contribution in [0.25, 0.3) is 0 Å². The van der Waals surface area contributed by atoms with Crippen molar-refractivity contribution in [3.05, 3.63) is 0 Å². The van der Waals surface area contributed by atoms with E-state index in [-0.39, 0.29) is 18.4 Å². The second kappa shape index (κ2) is 9.93. The van der Waals surface area contributed by atoms with Gasteiger partial charge >= 0.3 is 0 Å². The zero-order valence-electron chi connectivity index (χ0n) is 9.88. The molecule has 0 fully saturated rings. The van der Waals surface area contributed by atoms with E-state index < -0.39 is 0 Å². The standard InChI is InChI=1S/C11H24N2O2/c1-10(9-12-2)11(15)13-7-5-3-4-6-8-14/h10,12,14H,3-9H2,1-2H3,(H,13,15). The zero-order chi connectivity index (χ0) is 11.5. The smallest absolute Gasteiger partial charge is 0.224 e. The Morgan fingerprint density at radius 3 is 2.53 bits per heavy atom. The van der Waals surface area contributed by atoms with Crippen molar-refractivity contribution in [2.45, 2.75) is 32.6 Å². The number of nitrogens with one attached hydrogen (secondary N) is 2. The molecule has 0 aliphatic heterocycles. The second-order valence-corrected chi connectivity index (χ2v) is 3.89. The van der Waals surface area contributed by atoms with Crippen molar-refractivity contribution in [1.82, 2.24) is 10.6 Å². The van der Waals surface area contributed by atoms with Gasteiger partial charge in [0.1, 0.15) is 0 Å². The zero-order valence-corrected chi connectivity index (χ0v) is 9.88. The number of hydrogen-bond donors (Lipinski definition) is 3. The summed E-state index contributed by atoms with van der Waals surface area (Å²) in [4.78, 5) is 11.4. The minimum Gasteiger partial charge on any atom is -0.396 e. The Kier molecular flexibility index (Phi) is 9.52. The fraction of sp³-hybridized carbons (Fsp3) is 0.909. The highest BCUT2D eigenvalue weighted by molar-refractivity contribution is 5.78. The van der Waals surface area contributed by atoms with Crippen LogP contribution in [0, 0.1) is 5.92 Å². The van der Waals surface area contributed by atoms with E-state index in [0.29, 0.717) is 0 Å². The summed E-state index contributed by atoms with van der Waals surface area (Å²) < 4.78 is 0. The van der Waals surface area contributed by atoms with Gasteiger partial charge in [0.25, 0.3) is 0 Å². The number of aliphatic hydroxyl groups excluding tert-OH is 1. The fourth-order valence-electron chi connectivity index (χ4n) is 1.38. The lowest BCUT2D eigenvalue weighted by molar-refractivity contribution is -0.124. The summed E-state index contributed by atoms with van der Waals surface area (Å²) in [7, 11) is 1.85. The van der Waals surface area contributed by atoms with E-state index in [4.69, 9.17) is 5.11 Å². The van der Waals surface area contributed by atoms with Gasteiger partial charge in [-0.2, -0.15) is 0 Å². The SMILES string of the molecule is CNCC(C)C(=O)NCCCCCCO. The minimum atomic E-state index is 0.0347. The number of carbonyl (C=O) groups is 1. The molecule has 1 unspecified atom stereocenters. The molecule has 0 aliphatic carbocycles.